The SMILES string of the molecule is COc1ccc([C@H]2CC(=O)C3=C(C2)NC(C)=C(C(=O)Nc2ccccc2C)[C@@H]3c2cc(C)ccc2C)cc1OC. The molecule has 3 aromatic rings. The number of carbonyl (C=O) groups excluding carboxylic acids is 2. The van der Waals surface area contributed by atoms with Gasteiger partial charge in [-0.2, -0.15) is 0 Å². The van der Waals surface area contributed by atoms with Crippen molar-refractivity contribution in [3.63, 3.8) is 0 Å². The molecule has 2 atom stereocenters. The zero-order valence-electron chi connectivity index (χ0n) is 24.0. The van der Waals surface area contributed by atoms with Crippen molar-refractivity contribution < 1.29 is 19.1 Å². The maximum absolute atomic E-state index is 14.0. The molecular weight excluding hydrogens is 500 g/mol. The molecule has 0 aromatic heterocycles. The van der Waals surface area contributed by atoms with Crippen LogP contribution in [-0.4, -0.2) is 25.9 Å². The van der Waals surface area contributed by atoms with Crippen molar-refractivity contribution in [3.05, 3.63) is 111 Å². The van der Waals surface area contributed by atoms with Crippen LogP contribution in [0.15, 0.2) is 83.2 Å². The number of amides is 1. The number of ketones is 1. The number of rotatable bonds is 6. The zero-order valence-corrected chi connectivity index (χ0v) is 24.0. The Balaban J connectivity index is 1.58. The van der Waals surface area contributed by atoms with Gasteiger partial charge >= 0.3 is 0 Å². The van der Waals surface area contributed by atoms with E-state index in [0.717, 1.165) is 44.9 Å². The second-order valence-corrected chi connectivity index (χ2v) is 10.8. The van der Waals surface area contributed by atoms with E-state index in [1.165, 1.54) is 0 Å². The van der Waals surface area contributed by atoms with E-state index in [9.17, 15) is 9.59 Å². The molecule has 0 fully saturated rings. The first-order valence-corrected chi connectivity index (χ1v) is 13.6. The third-order valence-corrected chi connectivity index (χ3v) is 8.09. The molecule has 2 N–H and O–H groups in total. The van der Waals surface area contributed by atoms with E-state index in [-0.39, 0.29) is 17.6 Å². The number of nitrogens with one attached hydrogen (secondary N) is 2. The van der Waals surface area contributed by atoms with Gasteiger partial charge in [0.1, 0.15) is 0 Å². The average Bonchev–Trinajstić information content (AvgIpc) is 2.94. The quantitative estimate of drug-likeness (QED) is 0.370. The highest BCUT2D eigenvalue weighted by Gasteiger charge is 2.41. The molecule has 206 valence electrons. The summed E-state index contributed by atoms with van der Waals surface area (Å²) in [7, 11) is 3.23. The van der Waals surface area contributed by atoms with Gasteiger partial charge in [-0.05, 0) is 80.5 Å². The highest BCUT2D eigenvalue weighted by molar-refractivity contribution is 6.10. The molecule has 6 nitrogen and oxygen atoms in total. The molecule has 1 aliphatic heterocycles. The topological polar surface area (TPSA) is 76.7 Å². The predicted molar refractivity (Wildman–Crippen MR) is 158 cm³/mol. The van der Waals surface area contributed by atoms with E-state index < -0.39 is 5.92 Å². The summed E-state index contributed by atoms with van der Waals surface area (Å²) in [6, 6.07) is 19.8. The maximum Gasteiger partial charge on any atom is 0.254 e. The lowest BCUT2D eigenvalue weighted by Crippen LogP contribution is -2.37. The molecule has 0 radical (unpaired) electrons. The van der Waals surface area contributed by atoms with Crippen molar-refractivity contribution in [2.45, 2.75) is 52.4 Å². The summed E-state index contributed by atoms with van der Waals surface area (Å²) in [6.45, 7) is 7.98. The Kier molecular flexibility index (Phi) is 7.53. The largest absolute Gasteiger partial charge is 0.493 e. The number of benzene rings is 3. The standard InChI is InChI=1S/C34H36N2O4/c1-19-11-12-20(2)25(15-19)32-31(34(38)36-26-10-8-7-9-21(26)3)22(4)35-27-16-24(17-28(37)33(27)32)23-13-14-29(39-5)30(18-23)40-6/h7-15,18,24,32,35H,16-17H2,1-6H3,(H,36,38)/t24-,32+/m1/s1. The van der Waals surface area contributed by atoms with Crippen LogP contribution in [-0.2, 0) is 9.59 Å². The summed E-state index contributed by atoms with van der Waals surface area (Å²) >= 11 is 0. The maximum atomic E-state index is 14.0. The molecule has 3 aromatic carbocycles. The van der Waals surface area contributed by atoms with Crippen LogP contribution in [0.4, 0.5) is 5.69 Å². The number of aryl methyl sites for hydroxylation is 3. The van der Waals surface area contributed by atoms with E-state index in [0.29, 0.717) is 35.5 Å². The molecule has 40 heavy (non-hydrogen) atoms. The van der Waals surface area contributed by atoms with E-state index in [1.807, 2.05) is 70.2 Å². The number of Topliss-reactive ketones (excluding diaryl/α,β-unsaturated/α-hetero) is 1. The van der Waals surface area contributed by atoms with Gasteiger partial charge in [-0.25, -0.2) is 0 Å². The van der Waals surface area contributed by atoms with Crippen LogP contribution in [0, 0.1) is 20.8 Å². The molecule has 1 heterocycles. The number of hydrogen-bond donors (Lipinski definition) is 2. The molecule has 0 unspecified atom stereocenters. The van der Waals surface area contributed by atoms with Crippen molar-refractivity contribution in [1.29, 1.82) is 0 Å². The fourth-order valence-corrected chi connectivity index (χ4v) is 5.97. The number of allylic oxidation sites excluding steroid dienone is 3. The molecule has 6 heteroatoms. The fourth-order valence-electron chi connectivity index (χ4n) is 5.97. The predicted octanol–water partition coefficient (Wildman–Crippen LogP) is 6.63. The molecule has 1 aliphatic carbocycles. The third kappa shape index (κ3) is 5.02. The van der Waals surface area contributed by atoms with E-state index in [2.05, 4.69) is 28.8 Å². The van der Waals surface area contributed by atoms with Gasteiger partial charge in [0, 0.05) is 40.6 Å². The minimum Gasteiger partial charge on any atom is -0.493 e. The number of methoxy groups -OCH3 is 2. The van der Waals surface area contributed by atoms with E-state index in [1.54, 1.807) is 14.2 Å². The Morgan fingerprint density at radius 2 is 1.62 bits per heavy atom. The van der Waals surface area contributed by atoms with Gasteiger partial charge in [0.05, 0.1) is 14.2 Å². The van der Waals surface area contributed by atoms with Crippen molar-refractivity contribution in [3.8, 4) is 11.5 Å². The summed E-state index contributed by atoms with van der Waals surface area (Å²) in [5.41, 5.74) is 8.79. The van der Waals surface area contributed by atoms with Crippen LogP contribution in [0.2, 0.25) is 0 Å². The average molecular weight is 537 g/mol. The number of hydrogen-bond acceptors (Lipinski definition) is 5. The van der Waals surface area contributed by atoms with Crippen LogP contribution in [0.1, 0.15) is 59.4 Å². The first-order chi connectivity index (χ1) is 19.2. The molecule has 2 aliphatic rings. The smallest absolute Gasteiger partial charge is 0.254 e. The van der Waals surface area contributed by atoms with Gasteiger partial charge in [-0.1, -0.05) is 48.0 Å². The monoisotopic (exact) mass is 536 g/mol. The molecular formula is C34H36N2O4. The molecule has 1 amide bonds. The molecule has 0 saturated heterocycles. The number of dihydropyridines is 1. The van der Waals surface area contributed by atoms with Crippen LogP contribution >= 0.6 is 0 Å². The minimum atomic E-state index is -0.459. The lowest BCUT2D eigenvalue weighted by Gasteiger charge is -2.37. The van der Waals surface area contributed by atoms with Gasteiger partial charge in [0.2, 0.25) is 0 Å². The van der Waals surface area contributed by atoms with Crippen molar-refractivity contribution >= 4 is 17.4 Å². The van der Waals surface area contributed by atoms with Gasteiger partial charge in [-0.15, -0.1) is 0 Å². The number of ether oxygens (including phenoxy) is 2. The minimum absolute atomic E-state index is 0.0204. The summed E-state index contributed by atoms with van der Waals surface area (Å²) in [4.78, 5) is 28.0. The van der Waals surface area contributed by atoms with E-state index >= 15 is 0 Å². The van der Waals surface area contributed by atoms with Gasteiger partial charge in [-0.3, -0.25) is 9.59 Å². The Morgan fingerprint density at radius 3 is 2.35 bits per heavy atom. The second kappa shape index (κ2) is 11.0. The number of carbonyl (C=O) groups is 2. The lowest BCUT2D eigenvalue weighted by atomic mass is 9.70. The molecule has 5 rings (SSSR count). The van der Waals surface area contributed by atoms with Crippen molar-refractivity contribution in [2.24, 2.45) is 0 Å². The van der Waals surface area contributed by atoms with Gasteiger partial charge in [0.15, 0.2) is 17.3 Å². The molecule has 0 saturated carbocycles. The fraction of sp³-hybridized carbons (Fsp3) is 0.294. The molecule has 0 spiro atoms. The number of para-hydroxylation sites is 1. The van der Waals surface area contributed by atoms with Crippen molar-refractivity contribution in [1.82, 2.24) is 5.32 Å². The van der Waals surface area contributed by atoms with E-state index in [4.69, 9.17) is 9.47 Å². The highest BCUT2D eigenvalue weighted by atomic mass is 16.5. The summed E-state index contributed by atoms with van der Waals surface area (Å²) in [5.74, 6) is 0.664. The second-order valence-electron chi connectivity index (χ2n) is 10.8. The summed E-state index contributed by atoms with van der Waals surface area (Å²) in [5, 5.41) is 6.60. The Morgan fingerprint density at radius 1 is 0.875 bits per heavy atom. The van der Waals surface area contributed by atoms with Crippen LogP contribution < -0.4 is 20.1 Å². The van der Waals surface area contributed by atoms with Gasteiger partial charge in [0.25, 0.3) is 5.91 Å². The van der Waals surface area contributed by atoms with Gasteiger partial charge < -0.3 is 20.1 Å². The summed E-state index contributed by atoms with van der Waals surface area (Å²) < 4.78 is 10.9. The van der Waals surface area contributed by atoms with Crippen LogP contribution in [0.5, 0.6) is 11.5 Å². The van der Waals surface area contributed by atoms with Crippen LogP contribution in [0.25, 0.3) is 0 Å². The summed E-state index contributed by atoms with van der Waals surface area (Å²) in [6.07, 6.45) is 1.01. The third-order valence-electron chi connectivity index (χ3n) is 8.09. The highest BCUT2D eigenvalue weighted by Crippen LogP contribution is 2.47. The van der Waals surface area contributed by atoms with Crippen molar-refractivity contribution in [2.75, 3.05) is 19.5 Å². The first-order valence-electron chi connectivity index (χ1n) is 13.6. The normalized spacial score (nSPS) is 18.7. The Bertz CT molecular complexity index is 1570. The molecule has 0 bridgehead atoms. The Hall–Kier alpha value is -4.32. The Labute approximate surface area is 236 Å². The van der Waals surface area contributed by atoms with Crippen LogP contribution in [0.3, 0.4) is 0 Å². The lowest BCUT2D eigenvalue weighted by molar-refractivity contribution is -0.116. The first kappa shape index (κ1) is 27.3. The number of anilines is 1. The zero-order chi connectivity index (χ0) is 28.6.